The second-order valence-electron chi connectivity index (χ2n) is 5.49. The molecule has 0 spiro atoms. The van der Waals surface area contributed by atoms with Crippen LogP contribution in [0.15, 0.2) is 0 Å². The lowest BCUT2D eigenvalue weighted by Crippen LogP contribution is -2.64. The van der Waals surface area contributed by atoms with Gasteiger partial charge in [0.1, 0.15) is 5.54 Å². The molecule has 17 heavy (non-hydrogen) atoms. The summed E-state index contributed by atoms with van der Waals surface area (Å²) in [5.74, 6) is -0.430. The van der Waals surface area contributed by atoms with E-state index < -0.39 is 11.5 Å². The van der Waals surface area contributed by atoms with E-state index in [1.54, 1.807) is 0 Å². The largest absolute Gasteiger partial charge is 0.480 e. The number of rotatable bonds is 2. The fraction of sp³-hybridized carbons (Fsp3) is 0.923. The van der Waals surface area contributed by atoms with Crippen molar-refractivity contribution < 1.29 is 9.90 Å². The molecule has 0 amide bonds. The lowest BCUT2D eigenvalue weighted by Gasteiger charge is -2.47. The minimum absolute atomic E-state index is 0.187. The Kier molecular flexibility index (Phi) is 4.05. The molecule has 98 valence electrons. The van der Waals surface area contributed by atoms with Gasteiger partial charge < -0.3 is 10.4 Å². The molecule has 0 aliphatic carbocycles. The number of nitrogens with zero attached hydrogens (tertiary/aromatic N) is 1. The van der Waals surface area contributed by atoms with Gasteiger partial charge in [0.25, 0.3) is 0 Å². The van der Waals surface area contributed by atoms with Crippen molar-refractivity contribution in [3.8, 4) is 0 Å². The number of piperidine rings is 1. The average Bonchev–Trinajstić information content (AvgIpc) is 2.58. The summed E-state index contributed by atoms with van der Waals surface area (Å²) in [4.78, 5) is 14.1. The first-order valence-corrected chi connectivity index (χ1v) is 6.87. The number of carboxylic acid groups (broad SMARTS) is 1. The van der Waals surface area contributed by atoms with E-state index in [0.717, 1.165) is 45.4 Å². The minimum atomic E-state index is -0.617. The molecule has 0 aromatic rings. The summed E-state index contributed by atoms with van der Waals surface area (Å²) in [5.41, 5.74) is -0.615. The highest BCUT2D eigenvalue weighted by molar-refractivity contribution is 5.79. The molecule has 2 heterocycles. The predicted octanol–water partition coefficient (Wildman–Crippen LogP) is 1.32. The van der Waals surface area contributed by atoms with Crippen LogP contribution in [0.2, 0.25) is 0 Å². The Morgan fingerprint density at radius 1 is 1.29 bits per heavy atom. The van der Waals surface area contributed by atoms with Crippen molar-refractivity contribution in [2.75, 3.05) is 26.2 Å². The molecule has 4 nitrogen and oxygen atoms in total. The molecule has 0 bridgehead atoms. The van der Waals surface area contributed by atoms with Gasteiger partial charge in [0.05, 0.1) is 0 Å². The Bertz CT molecular complexity index is 275. The number of likely N-dealkylation sites (tertiary alicyclic amines) is 1. The van der Waals surface area contributed by atoms with E-state index in [1.807, 2.05) is 0 Å². The number of carbonyl (C=O) groups is 1. The van der Waals surface area contributed by atoms with E-state index in [2.05, 4.69) is 17.1 Å². The summed E-state index contributed by atoms with van der Waals surface area (Å²) in [5, 5.41) is 13.0. The zero-order valence-corrected chi connectivity index (χ0v) is 10.7. The van der Waals surface area contributed by atoms with Crippen molar-refractivity contribution in [3.63, 3.8) is 0 Å². The third-order valence-electron chi connectivity index (χ3n) is 4.49. The van der Waals surface area contributed by atoms with Gasteiger partial charge in [0.2, 0.25) is 0 Å². The standard InChI is InChI=1S/C13H24N2O2/c1-11-10-14-7-6-13(11,12(16)17)15-8-4-2-3-5-9-15/h11,14H,2-10H2,1H3,(H,16,17). The number of aliphatic carboxylic acids is 1. The Labute approximate surface area is 103 Å². The van der Waals surface area contributed by atoms with Gasteiger partial charge in [-0.25, -0.2) is 0 Å². The van der Waals surface area contributed by atoms with Crippen molar-refractivity contribution in [1.29, 1.82) is 0 Å². The molecule has 2 rings (SSSR count). The van der Waals surface area contributed by atoms with Crippen LogP contribution >= 0.6 is 0 Å². The summed E-state index contributed by atoms with van der Waals surface area (Å²) in [6.45, 7) is 5.63. The normalized spacial score (nSPS) is 36.4. The van der Waals surface area contributed by atoms with Gasteiger partial charge in [-0.2, -0.15) is 0 Å². The number of carboxylic acids is 1. The predicted molar refractivity (Wildman–Crippen MR) is 67.1 cm³/mol. The first-order valence-electron chi connectivity index (χ1n) is 6.87. The molecule has 2 aliphatic rings. The van der Waals surface area contributed by atoms with E-state index >= 15 is 0 Å². The number of nitrogens with one attached hydrogen (secondary N) is 1. The summed E-state index contributed by atoms with van der Waals surface area (Å²) in [7, 11) is 0. The molecule has 2 fully saturated rings. The van der Waals surface area contributed by atoms with Gasteiger partial charge >= 0.3 is 5.97 Å². The molecule has 2 saturated heterocycles. The zero-order chi connectivity index (χ0) is 12.3. The molecule has 0 radical (unpaired) electrons. The molecule has 4 heteroatoms. The average molecular weight is 240 g/mol. The second-order valence-corrected chi connectivity index (χ2v) is 5.49. The minimum Gasteiger partial charge on any atom is -0.480 e. The number of hydrogen-bond acceptors (Lipinski definition) is 3. The van der Waals surface area contributed by atoms with Gasteiger partial charge in [-0.3, -0.25) is 9.69 Å². The molecule has 2 N–H and O–H groups in total. The van der Waals surface area contributed by atoms with Gasteiger partial charge in [-0.05, 0) is 44.8 Å². The highest BCUT2D eigenvalue weighted by Gasteiger charge is 2.49. The van der Waals surface area contributed by atoms with Crippen LogP contribution < -0.4 is 5.32 Å². The van der Waals surface area contributed by atoms with Crippen LogP contribution in [0.1, 0.15) is 39.0 Å². The highest BCUT2D eigenvalue weighted by Crippen LogP contribution is 2.33. The van der Waals surface area contributed by atoms with E-state index in [9.17, 15) is 9.90 Å². The summed E-state index contributed by atoms with van der Waals surface area (Å²) in [6, 6.07) is 0. The summed E-state index contributed by atoms with van der Waals surface area (Å²) in [6.07, 6.45) is 5.53. The zero-order valence-electron chi connectivity index (χ0n) is 10.7. The van der Waals surface area contributed by atoms with Crippen LogP contribution in [-0.2, 0) is 4.79 Å². The summed E-state index contributed by atoms with van der Waals surface area (Å²) < 4.78 is 0. The molecule has 2 atom stereocenters. The van der Waals surface area contributed by atoms with Gasteiger partial charge in [-0.1, -0.05) is 19.8 Å². The SMILES string of the molecule is CC1CNCCC1(C(=O)O)N1CCCCCC1. The maximum absolute atomic E-state index is 11.8. The van der Waals surface area contributed by atoms with Gasteiger partial charge in [-0.15, -0.1) is 0 Å². The van der Waals surface area contributed by atoms with Crippen LogP contribution in [0.4, 0.5) is 0 Å². The number of hydrogen-bond donors (Lipinski definition) is 2. The van der Waals surface area contributed by atoms with Crippen molar-refractivity contribution in [3.05, 3.63) is 0 Å². The van der Waals surface area contributed by atoms with E-state index in [1.165, 1.54) is 12.8 Å². The monoisotopic (exact) mass is 240 g/mol. The van der Waals surface area contributed by atoms with Crippen LogP contribution in [0.3, 0.4) is 0 Å². The fourth-order valence-electron chi connectivity index (χ4n) is 3.41. The maximum Gasteiger partial charge on any atom is 0.324 e. The third-order valence-corrected chi connectivity index (χ3v) is 4.49. The van der Waals surface area contributed by atoms with Gasteiger partial charge in [0.15, 0.2) is 0 Å². The molecule has 2 aliphatic heterocycles. The van der Waals surface area contributed by atoms with E-state index in [-0.39, 0.29) is 5.92 Å². The highest BCUT2D eigenvalue weighted by atomic mass is 16.4. The van der Waals surface area contributed by atoms with E-state index in [4.69, 9.17) is 0 Å². The molecule has 2 unspecified atom stereocenters. The first kappa shape index (κ1) is 12.8. The molecule has 0 saturated carbocycles. The van der Waals surface area contributed by atoms with Crippen LogP contribution in [0.5, 0.6) is 0 Å². The van der Waals surface area contributed by atoms with Crippen molar-refractivity contribution in [1.82, 2.24) is 10.2 Å². The maximum atomic E-state index is 11.8. The van der Waals surface area contributed by atoms with Crippen LogP contribution in [-0.4, -0.2) is 47.7 Å². The fourth-order valence-corrected chi connectivity index (χ4v) is 3.41. The lowest BCUT2D eigenvalue weighted by atomic mass is 9.77. The Hall–Kier alpha value is -0.610. The first-order chi connectivity index (χ1) is 8.18. The molecular weight excluding hydrogens is 216 g/mol. The topological polar surface area (TPSA) is 52.6 Å². The Morgan fingerprint density at radius 2 is 1.94 bits per heavy atom. The van der Waals surface area contributed by atoms with Crippen LogP contribution in [0, 0.1) is 5.92 Å². The van der Waals surface area contributed by atoms with Crippen molar-refractivity contribution >= 4 is 5.97 Å². The van der Waals surface area contributed by atoms with E-state index in [0.29, 0.717) is 0 Å². The quantitative estimate of drug-likeness (QED) is 0.764. The summed E-state index contributed by atoms with van der Waals surface area (Å²) >= 11 is 0. The third kappa shape index (κ3) is 2.33. The molecule has 0 aromatic carbocycles. The Balaban J connectivity index is 2.22. The molecule has 0 aromatic heterocycles. The van der Waals surface area contributed by atoms with Crippen molar-refractivity contribution in [2.45, 2.75) is 44.6 Å². The van der Waals surface area contributed by atoms with Crippen molar-refractivity contribution in [2.24, 2.45) is 5.92 Å². The van der Waals surface area contributed by atoms with Crippen LogP contribution in [0.25, 0.3) is 0 Å². The lowest BCUT2D eigenvalue weighted by molar-refractivity contribution is -0.158. The smallest absolute Gasteiger partial charge is 0.324 e. The van der Waals surface area contributed by atoms with Gasteiger partial charge in [0, 0.05) is 6.54 Å². The second kappa shape index (κ2) is 5.36. The Morgan fingerprint density at radius 3 is 2.47 bits per heavy atom. The molecular formula is C13H24N2O2.